The molecule has 176 valence electrons. The van der Waals surface area contributed by atoms with Crippen LogP contribution in [0, 0.1) is 13.8 Å². The summed E-state index contributed by atoms with van der Waals surface area (Å²) in [4.78, 5) is 12.8. The van der Waals surface area contributed by atoms with Crippen LogP contribution in [0.5, 0.6) is 11.5 Å². The van der Waals surface area contributed by atoms with E-state index in [-0.39, 0.29) is 22.2 Å². The average molecular weight is 439 g/mol. The van der Waals surface area contributed by atoms with Crippen molar-refractivity contribution in [2.24, 2.45) is 0 Å². The van der Waals surface area contributed by atoms with Gasteiger partial charge in [-0.2, -0.15) is 0 Å². The summed E-state index contributed by atoms with van der Waals surface area (Å²) in [6.45, 7) is 23.2. The van der Waals surface area contributed by atoms with Gasteiger partial charge in [0, 0.05) is 12.0 Å². The highest BCUT2D eigenvalue weighted by Crippen LogP contribution is 2.37. The molecule has 0 bridgehead atoms. The third kappa shape index (κ3) is 5.94. The number of rotatable bonds is 4. The molecule has 0 amide bonds. The highest BCUT2D eigenvalue weighted by atomic mass is 16.5. The van der Waals surface area contributed by atoms with Crippen LogP contribution in [-0.2, 0) is 27.5 Å². The Hall–Kier alpha value is -2.29. The van der Waals surface area contributed by atoms with Crippen molar-refractivity contribution in [2.75, 3.05) is 0 Å². The highest BCUT2D eigenvalue weighted by molar-refractivity contribution is 5.73. The van der Waals surface area contributed by atoms with Gasteiger partial charge >= 0.3 is 5.97 Å². The molecule has 2 aromatic rings. The first-order valence-electron chi connectivity index (χ1n) is 11.6. The Kier molecular flexibility index (Phi) is 7.24. The van der Waals surface area contributed by atoms with Crippen molar-refractivity contribution in [1.82, 2.24) is 0 Å². The molecule has 2 aromatic carbocycles. The second kappa shape index (κ2) is 8.92. The van der Waals surface area contributed by atoms with Crippen molar-refractivity contribution >= 4 is 5.97 Å². The van der Waals surface area contributed by atoms with E-state index in [1.807, 2.05) is 26.0 Å². The van der Waals surface area contributed by atoms with Crippen LogP contribution in [0.3, 0.4) is 0 Å². The summed E-state index contributed by atoms with van der Waals surface area (Å²) in [6.07, 6.45) is 0.874. The Morgan fingerprint density at radius 1 is 0.812 bits per heavy atom. The fraction of sp³-hybridized carbons (Fsp3) is 0.552. The molecule has 0 atom stereocenters. The van der Waals surface area contributed by atoms with Gasteiger partial charge in [-0.1, -0.05) is 80.5 Å². The van der Waals surface area contributed by atoms with Crippen LogP contribution in [0.25, 0.3) is 0 Å². The van der Waals surface area contributed by atoms with Gasteiger partial charge in [0.05, 0.1) is 0 Å². The fourth-order valence-corrected chi connectivity index (χ4v) is 3.88. The number of carbonyl (C=O) groups is 1. The van der Waals surface area contributed by atoms with Crippen molar-refractivity contribution < 1.29 is 14.6 Å². The molecule has 0 unspecified atom stereocenters. The van der Waals surface area contributed by atoms with Gasteiger partial charge < -0.3 is 9.84 Å². The molecule has 0 saturated heterocycles. The lowest BCUT2D eigenvalue weighted by atomic mass is 9.80. The molecular formula is C29H42O3. The van der Waals surface area contributed by atoms with Gasteiger partial charge in [-0.3, -0.25) is 4.79 Å². The van der Waals surface area contributed by atoms with Crippen molar-refractivity contribution in [2.45, 2.75) is 105 Å². The van der Waals surface area contributed by atoms with Crippen molar-refractivity contribution in [3.63, 3.8) is 0 Å². The van der Waals surface area contributed by atoms with Crippen LogP contribution in [0.15, 0.2) is 24.3 Å². The van der Waals surface area contributed by atoms with Crippen molar-refractivity contribution in [3.8, 4) is 11.5 Å². The monoisotopic (exact) mass is 438 g/mol. The molecule has 1 N–H and O–H groups in total. The lowest BCUT2D eigenvalue weighted by Crippen LogP contribution is -2.19. The number of phenols is 1. The Morgan fingerprint density at radius 2 is 1.38 bits per heavy atom. The first-order chi connectivity index (χ1) is 14.4. The Labute approximate surface area is 195 Å². The standard InChI is InChI=1S/C29H42O3/c1-18-19(2)26(31)23(29(9,10)11)16-20(18)12-15-25(30)32-24-14-13-21(27(3,4)5)17-22(24)28(6,7)8/h13-14,16-17,31H,12,15H2,1-11H3. The molecule has 3 nitrogen and oxygen atoms in total. The number of aromatic hydroxyl groups is 1. The number of phenolic OH excluding ortho intramolecular Hbond substituents is 1. The molecule has 0 aromatic heterocycles. The van der Waals surface area contributed by atoms with Crippen LogP contribution < -0.4 is 4.74 Å². The summed E-state index contributed by atoms with van der Waals surface area (Å²) in [6, 6.07) is 8.21. The third-order valence-electron chi connectivity index (χ3n) is 6.26. The van der Waals surface area contributed by atoms with E-state index in [1.165, 1.54) is 5.56 Å². The first kappa shape index (κ1) is 26.0. The van der Waals surface area contributed by atoms with E-state index >= 15 is 0 Å². The Morgan fingerprint density at radius 3 is 1.88 bits per heavy atom. The van der Waals surface area contributed by atoms with Gasteiger partial charge in [0.2, 0.25) is 0 Å². The first-order valence-corrected chi connectivity index (χ1v) is 11.6. The second-order valence-corrected chi connectivity index (χ2v) is 12.1. The fourth-order valence-electron chi connectivity index (χ4n) is 3.88. The van der Waals surface area contributed by atoms with Crippen LogP contribution >= 0.6 is 0 Å². The number of hydrogen-bond acceptors (Lipinski definition) is 3. The summed E-state index contributed by atoms with van der Waals surface area (Å²) in [5, 5.41) is 10.6. The predicted molar refractivity (Wildman–Crippen MR) is 134 cm³/mol. The van der Waals surface area contributed by atoms with Gasteiger partial charge in [-0.25, -0.2) is 0 Å². The van der Waals surface area contributed by atoms with E-state index in [0.29, 0.717) is 24.3 Å². The lowest BCUT2D eigenvalue weighted by molar-refractivity contribution is -0.134. The second-order valence-electron chi connectivity index (χ2n) is 12.1. The van der Waals surface area contributed by atoms with Gasteiger partial charge in [0.25, 0.3) is 0 Å². The average Bonchev–Trinajstić information content (AvgIpc) is 2.63. The highest BCUT2D eigenvalue weighted by Gasteiger charge is 2.25. The quantitative estimate of drug-likeness (QED) is 0.398. The van der Waals surface area contributed by atoms with Gasteiger partial charge in [-0.15, -0.1) is 0 Å². The minimum atomic E-state index is -0.235. The van der Waals surface area contributed by atoms with Crippen molar-refractivity contribution in [3.05, 3.63) is 57.6 Å². The van der Waals surface area contributed by atoms with E-state index in [1.54, 1.807) is 0 Å². The molecule has 0 saturated carbocycles. The van der Waals surface area contributed by atoms with Gasteiger partial charge in [0.1, 0.15) is 11.5 Å². The zero-order chi connectivity index (χ0) is 24.6. The topological polar surface area (TPSA) is 46.5 Å². The predicted octanol–water partition coefficient (Wildman–Crippen LogP) is 7.44. The summed E-state index contributed by atoms with van der Waals surface area (Å²) in [7, 11) is 0. The number of carbonyl (C=O) groups excluding carboxylic acids is 1. The summed E-state index contributed by atoms with van der Waals surface area (Å²) in [5.74, 6) is 0.765. The minimum Gasteiger partial charge on any atom is -0.507 e. The SMILES string of the molecule is Cc1c(CCC(=O)Oc2ccc(C(C)(C)C)cc2C(C)(C)C)cc(C(C)(C)C)c(O)c1C. The smallest absolute Gasteiger partial charge is 0.311 e. The molecule has 0 fully saturated rings. The largest absolute Gasteiger partial charge is 0.507 e. The van der Waals surface area contributed by atoms with Crippen LogP contribution in [0.2, 0.25) is 0 Å². The number of hydrogen-bond donors (Lipinski definition) is 1. The minimum absolute atomic E-state index is 0.0293. The molecule has 32 heavy (non-hydrogen) atoms. The van der Waals surface area contributed by atoms with Gasteiger partial charge in [0.15, 0.2) is 0 Å². The normalized spacial score (nSPS) is 12.7. The van der Waals surface area contributed by atoms with E-state index < -0.39 is 0 Å². The van der Waals surface area contributed by atoms with Crippen LogP contribution in [-0.4, -0.2) is 11.1 Å². The van der Waals surface area contributed by atoms with Crippen LogP contribution in [0.4, 0.5) is 0 Å². The molecule has 0 heterocycles. The number of ether oxygens (including phenoxy) is 1. The maximum atomic E-state index is 12.8. The molecule has 0 aliphatic carbocycles. The van der Waals surface area contributed by atoms with E-state index in [0.717, 1.165) is 27.8 Å². The molecule has 0 aliphatic rings. The van der Waals surface area contributed by atoms with Crippen LogP contribution in [0.1, 0.15) is 102 Å². The number of esters is 1. The van der Waals surface area contributed by atoms with E-state index in [9.17, 15) is 9.90 Å². The third-order valence-corrected chi connectivity index (χ3v) is 6.26. The van der Waals surface area contributed by atoms with E-state index in [4.69, 9.17) is 4.74 Å². The molecule has 0 aliphatic heterocycles. The summed E-state index contributed by atoms with van der Waals surface area (Å²) in [5.41, 5.74) is 5.91. The molecule has 3 heteroatoms. The summed E-state index contributed by atoms with van der Waals surface area (Å²) >= 11 is 0. The molecule has 2 rings (SSSR count). The number of aryl methyl sites for hydroxylation is 1. The molecule has 0 radical (unpaired) electrons. The summed E-state index contributed by atoms with van der Waals surface area (Å²) < 4.78 is 5.86. The molecular weight excluding hydrogens is 396 g/mol. The molecule has 0 spiro atoms. The lowest BCUT2D eigenvalue weighted by Gasteiger charge is -2.27. The number of benzene rings is 2. The van der Waals surface area contributed by atoms with Gasteiger partial charge in [-0.05, 0) is 70.4 Å². The maximum absolute atomic E-state index is 12.8. The Balaban J connectivity index is 2.27. The Bertz CT molecular complexity index is 993. The zero-order valence-electron chi connectivity index (χ0n) is 22.0. The van der Waals surface area contributed by atoms with E-state index in [2.05, 4.69) is 74.4 Å². The maximum Gasteiger partial charge on any atom is 0.311 e. The van der Waals surface area contributed by atoms with Crippen molar-refractivity contribution in [1.29, 1.82) is 0 Å². The zero-order valence-corrected chi connectivity index (χ0v) is 22.0.